The van der Waals surface area contributed by atoms with Crippen molar-refractivity contribution in [3.05, 3.63) is 77.1 Å². The van der Waals surface area contributed by atoms with E-state index in [4.69, 9.17) is 9.47 Å². The predicted octanol–water partition coefficient (Wildman–Crippen LogP) is 4.61. The lowest BCUT2D eigenvalue weighted by Crippen LogP contribution is -2.58. The standard InChI is InChI=1S/C34H45N7O4S/c1-25-21-40(17-20-45-25)41-22-30(46-31(23-41)38-15-18-44-19-16-38)26-5-9-28(10-6-26)35-33(43)36-29-11-7-27(8-12-29)32(42)39-14-13-37(4)34(2,3)24-39/h5-12,22-23,25H,13-21,24H2,1-4H3,(H2,35,36,43). The molecule has 12 heteroatoms. The Balaban J connectivity index is 1.07. The number of urea groups is 1. The minimum atomic E-state index is -0.343. The molecule has 0 aliphatic carbocycles. The molecule has 0 saturated carbocycles. The average molecular weight is 648 g/mol. The average Bonchev–Trinajstić information content (AvgIpc) is 3.06. The van der Waals surface area contributed by atoms with Crippen LogP contribution in [0.15, 0.2) is 66.0 Å². The van der Waals surface area contributed by atoms with Crippen LogP contribution in [0.1, 0.15) is 36.7 Å². The largest absolute Gasteiger partial charge is 0.378 e. The lowest BCUT2D eigenvalue weighted by molar-refractivity contribution is -0.0784. The van der Waals surface area contributed by atoms with E-state index < -0.39 is 0 Å². The molecule has 0 spiro atoms. The maximum absolute atomic E-state index is 13.1. The van der Waals surface area contributed by atoms with Crippen LogP contribution >= 0.6 is 11.8 Å². The monoisotopic (exact) mass is 647 g/mol. The van der Waals surface area contributed by atoms with Crippen molar-refractivity contribution in [2.24, 2.45) is 0 Å². The van der Waals surface area contributed by atoms with Crippen molar-refractivity contribution in [3.63, 3.8) is 0 Å². The predicted molar refractivity (Wildman–Crippen MR) is 183 cm³/mol. The number of rotatable bonds is 6. The SMILES string of the molecule is CC1CN(N2C=C(c3ccc(NC(=O)Nc4ccc(C(=O)N5CCN(C)C(C)(C)C5)cc4)cc3)SC(N3CCOCC3)=C2)CCO1. The van der Waals surface area contributed by atoms with Gasteiger partial charge in [0, 0.05) is 79.4 Å². The second kappa shape index (κ2) is 14.1. The number of nitrogens with zero attached hydrogens (tertiary/aromatic N) is 5. The molecule has 6 rings (SSSR count). The summed E-state index contributed by atoms with van der Waals surface area (Å²) in [4.78, 5) is 33.6. The molecule has 11 nitrogen and oxygen atoms in total. The van der Waals surface area contributed by atoms with Crippen LogP contribution in [0.3, 0.4) is 0 Å². The highest BCUT2D eigenvalue weighted by Gasteiger charge is 2.33. The molecular formula is C34H45N7O4S. The number of hydrazine groups is 1. The molecule has 46 heavy (non-hydrogen) atoms. The van der Waals surface area contributed by atoms with Crippen molar-refractivity contribution < 1.29 is 19.1 Å². The van der Waals surface area contributed by atoms with Gasteiger partial charge < -0.3 is 29.9 Å². The molecule has 246 valence electrons. The first-order valence-electron chi connectivity index (χ1n) is 16.0. The molecule has 2 N–H and O–H groups in total. The first kappa shape index (κ1) is 32.4. The molecule has 3 saturated heterocycles. The zero-order valence-corrected chi connectivity index (χ0v) is 28.0. The van der Waals surface area contributed by atoms with E-state index in [1.807, 2.05) is 29.2 Å². The van der Waals surface area contributed by atoms with Gasteiger partial charge in [-0.3, -0.25) is 14.7 Å². The van der Waals surface area contributed by atoms with Gasteiger partial charge in [-0.15, -0.1) is 0 Å². The van der Waals surface area contributed by atoms with Crippen LogP contribution in [0.4, 0.5) is 16.2 Å². The van der Waals surface area contributed by atoms with E-state index in [0.717, 1.165) is 56.4 Å². The van der Waals surface area contributed by atoms with Crippen LogP contribution < -0.4 is 10.6 Å². The highest BCUT2D eigenvalue weighted by Crippen LogP contribution is 2.40. The van der Waals surface area contributed by atoms with E-state index in [2.05, 4.69) is 70.7 Å². The normalized spacial score (nSPS) is 22.6. The van der Waals surface area contributed by atoms with Gasteiger partial charge in [0.1, 0.15) is 0 Å². The van der Waals surface area contributed by atoms with Gasteiger partial charge >= 0.3 is 6.03 Å². The number of hydrogen-bond acceptors (Lipinski definition) is 9. The van der Waals surface area contributed by atoms with Gasteiger partial charge in [0.2, 0.25) is 0 Å². The number of hydrogen-bond donors (Lipinski definition) is 2. The van der Waals surface area contributed by atoms with E-state index in [1.54, 1.807) is 36.0 Å². The Hall–Kier alpha value is -3.55. The molecule has 0 aromatic heterocycles. The van der Waals surface area contributed by atoms with Crippen molar-refractivity contribution in [2.75, 3.05) is 83.3 Å². The van der Waals surface area contributed by atoms with Gasteiger partial charge in [-0.2, -0.15) is 0 Å². The number of anilines is 2. The molecule has 4 aliphatic rings. The zero-order valence-electron chi connectivity index (χ0n) is 27.2. The fourth-order valence-corrected chi connectivity index (χ4v) is 7.09. The summed E-state index contributed by atoms with van der Waals surface area (Å²) in [5, 5.41) is 11.5. The lowest BCUT2D eigenvalue weighted by Gasteiger charge is -2.45. The Morgan fingerprint density at radius 3 is 2.20 bits per heavy atom. The first-order valence-corrected chi connectivity index (χ1v) is 16.8. The molecule has 3 amide bonds. The minimum absolute atomic E-state index is 0.0127. The van der Waals surface area contributed by atoms with Gasteiger partial charge in [0.05, 0.1) is 37.2 Å². The molecule has 0 radical (unpaired) electrons. The number of amides is 3. The third kappa shape index (κ3) is 7.69. The summed E-state index contributed by atoms with van der Waals surface area (Å²) in [6.07, 6.45) is 4.57. The third-order valence-electron chi connectivity index (χ3n) is 9.00. The Morgan fingerprint density at radius 2 is 1.54 bits per heavy atom. The summed E-state index contributed by atoms with van der Waals surface area (Å²) in [7, 11) is 2.09. The Kier molecular flexibility index (Phi) is 9.90. The highest BCUT2D eigenvalue weighted by molar-refractivity contribution is 8.11. The van der Waals surface area contributed by atoms with E-state index in [0.29, 0.717) is 36.6 Å². The van der Waals surface area contributed by atoms with Crippen LogP contribution in [0, 0.1) is 0 Å². The van der Waals surface area contributed by atoms with Crippen LogP contribution in [-0.4, -0.2) is 121 Å². The Labute approximate surface area is 276 Å². The van der Waals surface area contributed by atoms with Crippen LogP contribution in [0.25, 0.3) is 4.91 Å². The van der Waals surface area contributed by atoms with E-state index in [9.17, 15) is 9.59 Å². The van der Waals surface area contributed by atoms with Gasteiger partial charge in [-0.25, -0.2) is 9.80 Å². The third-order valence-corrected chi connectivity index (χ3v) is 10.1. The summed E-state index contributed by atoms with van der Waals surface area (Å²) in [5.41, 5.74) is 2.93. The summed E-state index contributed by atoms with van der Waals surface area (Å²) in [5.74, 6) is 0.0127. The molecule has 4 heterocycles. The molecule has 2 aromatic rings. The molecule has 2 aromatic carbocycles. The molecular weight excluding hydrogens is 602 g/mol. The number of nitrogens with one attached hydrogen (secondary N) is 2. The maximum Gasteiger partial charge on any atom is 0.323 e. The van der Waals surface area contributed by atoms with Crippen LogP contribution in [0.5, 0.6) is 0 Å². The van der Waals surface area contributed by atoms with Crippen molar-refractivity contribution >= 4 is 40.0 Å². The second-order valence-corrected chi connectivity index (χ2v) is 13.9. The van der Waals surface area contributed by atoms with Crippen LogP contribution in [-0.2, 0) is 9.47 Å². The number of morpholine rings is 2. The summed E-state index contributed by atoms with van der Waals surface area (Å²) >= 11 is 1.76. The highest BCUT2D eigenvalue weighted by atomic mass is 32.2. The van der Waals surface area contributed by atoms with E-state index >= 15 is 0 Å². The first-order chi connectivity index (χ1) is 22.1. The number of benzene rings is 2. The molecule has 0 bridgehead atoms. The zero-order chi connectivity index (χ0) is 32.3. The van der Waals surface area contributed by atoms with Gasteiger partial charge in [0.25, 0.3) is 5.91 Å². The minimum Gasteiger partial charge on any atom is -0.378 e. The number of likely N-dealkylation sites (N-methyl/N-ethyl adjacent to an activating group) is 1. The maximum atomic E-state index is 13.1. The van der Waals surface area contributed by atoms with Crippen molar-refractivity contribution in [2.45, 2.75) is 32.4 Å². The fraction of sp³-hybridized carbons (Fsp3) is 0.471. The van der Waals surface area contributed by atoms with Crippen molar-refractivity contribution in [1.82, 2.24) is 24.7 Å². The summed E-state index contributed by atoms with van der Waals surface area (Å²) in [6, 6.07) is 14.7. The molecule has 1 atom stereocenters. The summed E-state index contributed by atoms with van der Waals surface area (Å²) < 4.78 is 11.4. The Bertz CT molecular complexity index is 1460. The quantitative estimate of drug-likeness (QED) is 0.467. The smallest absolute Gasteiger partial charge is 0.323 e. The number of thioether (sulfide) groups is 1. The van der Waals surface area contributed by atoms with E-state index in [1.165, 1.54) is 5.03 Å². The second-order valence-electron chi connectivity index (χ2n) is 12.8. The van der Waals surface area contributed by atoms with E-state index in [-0.39, 0.29) is 23.6 Å². The number of carbonyl (C=O) groups excluding carboxylic acids is 2. The van der Waals surface area contributed by atoms with Crippen molar-refractivity contribution in [3.8, 4) is 0 Å². The molecule has 3 fully saturated rings. The lowest BCUT2D eigenvalue weighted by atomic mass is 9.99. The topological polar surface area (TPSA) is 92.9 Å². The number of piperazine rings is 1. The summed E-state index contributed by atoms with van der Waals surface area (Å²) in [6.45, 7) is 14.2. The fourth-order valence-electron chi connectivity index (χ4n) is 5.98. The van der Waals surface area contributed by atoms with Gasteiger partial charge in [-0.05, 0) is 69.8 Å². The molecule has 4 aliphatic heterocycles. The van der Waals surface area contributed by atoms with Gasteiger partial charge in [0.15, 0.2) is 0 Å². The van der Waals surface area contributed by atoms with Crippen molar-refractivity contribution in [1.29, 1.82) is 0 Å². The van der Waals surface area contributed by atoms with Gasteiger partial charge in [-0.1, -0.05) is 23.9 Å². The van der Waals surface area contributed by atoms with Crippen LogP contribution in [0.2, 0.25) is 0 Å². The number of carbonyl (C=O) groups is 2. The molecule has 1 unspecified atom stereocenters. The Morgan fingerprint density at radius 1 is 0.870 bits per heavy atom. The number of ether oxygens (including phenoxy) is 2.